The highest BCUT2D eigenvalue weighted by Crippen LogP contribution is 2.69. The van der Waals surface area contributed by atoms with Gasteiger partial charge in [-0.2, -0.15) is 0 Å². The Morgan fingerprint density at radius 2 is 1.53 bits per heavy atom. The predicted molar refractivity (Wildman–Crippen MR) is 122 cm³/mol. The molecule has 4 aliphatic carbocycles. The lowest BCUT2D eigenvalue weighted by Gasteiger charge is -2.70. The van der Waals surface area contributed by atoms with Crippen LogP contribution in [0.1, 0.15) is 49.7 Å². The van der Waals surface area contributed by atoms with Gasteiger partial charge in [-0.15, -0.1) is 0 Å². The Labute approximate surface area is 193 Å². The normalized spacial score (nSPS) is 25.0. The van der Waals surface area contributed by atoms with Crippen LogP contribution in [0.5, 0.6) is 11.5 Å². The Hall–Kier alpha value is -2.53. The van der Waals surface area contributed by atoms with Crippen molar-refractivity contribution in [2.45, 2.75) is 56.9 Å². The third-order valence-corrected chi connectivity index (χ3v) is 7.27. The molecule has 5 nitrogen and oxygen atoms in total. The number of carbonyl (C=O) groups is 2. The molecule has 2 aromatic rings. The van der Waals surface area contributed by atoms with Crippen LogP contribution in [0.4, 0.5) is 0 Å². The maximum Gasteiger partial charge on any atom is 0.258 e. The van der Waals surface area contributed by atoms with Crippen LogP contribution < -0.4 is 14.8 Å². The second-order valence-corrected chi connectivity index (χ2v) is 10.2. The summed E-state index contributed by atoms with van der Waals surface area (Å²) < 4.78 is 11.3. The van der Waals surface area contributed by atoms with Gasteiger partial charge in [-0.25, -0.2) is 0 Å². The Bertz CT molecular complexity index is 1010. The number of benzene rings is 2. The second-order valence-electron chi connectivity index (χ2n) is 9.74. The van der Waals surface area contributed by atoms with Crippen LogP contribution in [0.25, 0.3) is 0 Å². The predicted octanol–water partition coefficient (Wildman–Crippen LogP) is 4.67. The highest BCUT2D eigenvalue weighted by atomic mass is 35.5. The van der Waals surface area contributed by atoms with Gasteiger partial charge in [0.05, 0.1) is 0 Å². The number of aryl methyl sites for hydroxylation is 2. The van der Waals surface area contributed by atoms with E-state index < -0.39 is 0 Å². The number of fused-ring (bicyclic) bond motifs is 1. The van der Waals surface area contributed by atoms with Crippen molar-refractivity contribution < 1.29 is 19.1 Å². The molecule has 4 aliphatic rings. The van der Waals surface area contributed by atoms with Crippen molar-refractivity contribution in [2.75, 3.05) is 13.2 Å². The number of nitrogens with one attached hydrogen (secondary N) is 1. The van der Waals surface area contributed by atoms with E-state index in [2.05, 4.69) is 17.4 Å². The minimum atomic E-state index is -0.153. The fraction of sp³-hybridized carbons (Fsp3) is 0.462. The molecule has 0 unspecified atom stereocenters. The van der Waals surface area contributed by atoms with Crippen LogP contribution in [0.2, 0.25) is 5.02 Å². The van der Waals surface area contributed by atoms with Crippen LogP contribution in [-0.4, -0.2) is 30.4 Å². The van der Waals surface area contributed by atoms with E-state index in [0.717, 1.165) is 37.9 Å². The smallest absolute Gasteiger partial charge is 0.258 e. The number of ketones is 1. The fourth-order valence-corrected chi connectivity index (χ4v) is 5.89. The first kappa shape index (κ1) is 21.3. The molecule has 0 aromatic heterocycles. The van der Waals surface area contributed by atoms with Crippen LogP contribution in [0.15, 0.2) is 42.5 Å². The molecule has 168 valence electrons. The summed E-state index contributed by atoms with van der Waals surface area (Å²) in [5, 5.41) is 3.72. The average molecular weight is 454 g/mol. The van der Waals surface area contributed by atoms with Gasteiger partial charge in [0.15, 0.2) is 12.4 Å². The molecule has 1 amide bonds. The van der Waals surface area contributed by atoms with Crippen LogP contribution in [0.3, 0.4) is 0 Å². The quantitative estimate of drug-likeness (QED) is 0.599. The first-order valence-corrected chi connectivity index (χ1v) is 11.8. The van der Waals surface area contributed by atoms with E-state index in [4.69, 9.17) is 21.1 Å². The van der Waals surface area contributed by atoms with Gasteiger partial charge in [0.25, 0.3) is 5.91 Å². The SMILES string of the molecule is O=C(COc1ccc2c(c1)CCCC2)CC12CC(NC(=O)COc3ccc(Cl)cc3)(C1)C2. The summed E-state index contributed by atoms with van der Waals surface area (Å²) in [5.41, 5.74) is 2.66. The molecule has 3 saturated carbocycles. The van der Waals surface area contributed by atoms with Crippen LogP contribution in [0, 0.1) is 5.41 Å². The van der Waals surface area contributed by atoms with Crippen molar-refractivity contribution in [2.24, 2.45) is 5.41 Å². The van der Waals surface area contributed by atoms with Gasteiger partial charge in [-0.1, -0.05) is 17.7 Å². The third-order valence-electron chi connectivity index (χ3n) is 7.02. The zero-order valence-electron chi connectivity index (χ0n) is 18.1. The molecule has 0 atom stereocenters. The van der Waals surface area contributed by atoms with Crippen molar-refractivity contribution in [3.05, 3.63) is 58.6 Å². The lowest BCUT2D eigenvalue weighted by atomic mass is 9.38. The van der Waals surface area contributed by atoms with Crippen molar-refractivity contribution in [3.8, 4) is 11.5 Å². The Balaban J connectivity index is 1.03. The number of hydrogen-bond acceptors (Lipinski definition) is 4. The van der Waals surface area contributed by atoms with Gasteiger partial charge in [-0.05, 0) is 97.9 Å². The van der Waals surface area contributed by atoms with E-state index in [-0.39, 0.29) is 35.9 Å². The highest BCUT2D eigenvalue weighted by Gasteiger charge is 2.68. The van der Waals surface area contributed by atoms with E-state index >= 15 is 0 Å². The molecule has 2 aromatic carbocycles. The largest absolute Gasteiger partial charge is 0.486 e. The molecule has 0 radical (unpaired) electrons. The standard InChI is InChI=1S/C26H28ClNO4/c27-20-6-9-22(10-7-20)32-14-24(30)28-26-15-25(16-26,17-26)12-21(29)13-31-23-8-5-18-3-1-2-4-19(18)11-23/h5-11H,1-4,12-17H2,(H,28,30). The molecular weight excluding hydrogens is 426 g/mol. The molecule has 0 saturated heterocycles. The number of rotatable bonds is 9. The van der Waals surface area contributed by atoms with E-state index in [1.54, 1.807) is 24.3 Å². The van der Waals surface area contributed by atoms with Crippen LogP contribution >= 0.6 is 11.6 Å². The number of ether oxygens (including phenoxy) is 2. The lowest BCUT2D eigenvalue weighted by molar-refractivity contribution is -0.173. The van der Waals surface area contributed by atoms with Crippen molar-refractivity contribution in [1.82, 2.24) is 5.32 Å². The number of Topliss-reactive ketones (excluding diaryl/α,β-unsaturated/α-hetero) is 1. The summed E-state index contributed by atoms with van der Waals surface area (Å²) in [5.74, 6) is 1.41. The minimum absolute atomic E-state index is 0.0239. The zero-order valence-corrected chi connectivity index (χ0v) is 18.9. The van der Waals surface area contributed by atoms with Gasteiger partial charge in [-0.3, -0.25) is 9.59 Å². The summed E-state index contributed by atoms with van der Waals surface area (Å²) in [4.78, 5) is 24.8. The van der Waals surface area contributed by atoms with Gasteiger partial charge >= 0.3 is 0 Å². The van der Waals surface area contributed by atoms with E-state index in [9.17, 15) is 9.59 Å². The highest BCUT2D eigenvalue weighted by molar-refractivity contribution is 6.30. The van der Waals surface area contributed by atoms with Gasteiger partial charge in [0, 0.05) is 17.0 Å². The third kappa shape index (κ3) is 4.49. The Morgan fingerprint density at radius 3 is 2.28 bits per heavy atom. The van der Waals surface area contributed by atoms with Gasteiger partial charge in [0.2, 0.25) is 0 Å². The van der Waals surface area contributed by atoms with Crippen molar-refractivity contribution in [1.29, 1.82) is 0 Å². The topological polar surface area (TPSA) is 64.6 Å². The maximum absolute atomic E-state index is 12.5. The van der Waals surface area contributed by atoms with E-state index in [0.29, 0.717) is 17.2 Å². The van der Waals surface area contributed by atoms with E-state index in [1.807, 2.05) is 6.07 Å². The minimum Gasteiger partial charge on any atom is -0.486 e. The number of carbonyl (C=O) groups excluding carboxylic acids is 2. The second kappa shape index (κ2) is 8.43. The molecule has 6 rings (SSSR count). The maximum atomic E-state index is 12.5. The molecule has 1 N–H and O–H groups in total. The monoisotopic (exact) mass is 453 g/mol. The Morgan fingerprint density at radius 1 is 0.875 bits per heavy atom. The molecule has 0 aliphatic heterocycles. The summed E-state index contributed by atoms with van der Waals surface area (Å²) in [6, 6.07) is 13.2. The zero-order chi connectivity index (χ0) is 22.2. The van der Waals surface area contributed by atoms with Crippen molar-refractivity contribution in [3.63, 3.8) is 0 Å². The molecule has 6 heteroatoms. The molecular formula is C26H28ClNO4. The first-order chi connectivity index (χ1) is 15.4. The average Bonchev–Trinajstić information content (AvgIpc) is 2.75. The molecule has 0 spiro atoms. The van der Waals surface area contributed by atoms with Gasteiger partial charge < -0.3 is 14.8 Å². The van der Waals surface area contributed by atoms with Crippen LogP contribution in [-0.2, 0) is 22.4 Å². The summed E-state index contributed by atoms with van der Waals surface area (Å²) in [6.45, 7) is 0.0960. The Kier molecular flexibility index (Phi) is 5.62. The van der Waals surface area contributed by atoms with E-state index in [1.165, 1.54) is 24.0 Å². The summed E-state index contributed by atoms with van der Waals surface area (Å²) in [6.07, 6.45) is 7.82. The molecule has 2 bridgehead atoms. The van der Waals surface area contributed by atoms with Gasteiger partial charge in [0.1, 0.15) is 18.1 Å². The summed E-state index contributed by atoms with van der Waals surface area (Å²) >= 11 is 5.85. The molecule has 3 fully saturated rings. The number of amides is 1. The fourth-order valence-electron chi connectivity index (χ4n) is 5.76. The summed E-state index contributed by atoms with van der Waals surface area (Å²) in [7, 11) is 0. The number of halogens is 1. The first-order valence-electron chi connectivity index (χ1n) is 11.4. The number of hydrogen-bond donors (Lipinski definition) is 1. The van der Waals surface area contributed by atoms with Crippen molar-refractivity contribution >= 4 is 23.3 Å². The molecule has 0 heterocycles. The molecule has 32 heavy (non-hydrogen) atoms. The lowest BCUT2D eigenvalue weighted by Crippen LogP contribution is -2.75.